The molecule has 0 saturated carbocycles. The van der Waals surface area contributed by atoms with E-state index in [0.717, 1.165) is 20.3 Å². The van der Waals surface area contributed by atoms with E-state index in [1.54, 1.807) is 11.8 Å². The van der Waals surface area contributed by atoms with Gasteiger partial charge in [0.1, 0.15) is 0 Å². The Labute approximate surface area is 121 Å². The lowest BCUT2D eigenvalue weighted by molar-refractivity contribution is -0.143. The van der Waals surface area contributed by atoms with Gasteiger partial charge in [-0.15, -0.1) is 11.8 Å². The van der Waals surface area contributed by atoms with Crippen molar-refractivity contribution in [2.24, 2.45) is 0 Å². The summed E-state index contributed by atoms with van der Waals surface area (Å²) in [6, 6.07) is 7.06. The lowest BCUT2D eigenvalue weighted by atomic mass is 10.2. The van der Waals surface area contributed by atoms with Gasteiger partial charge < -0.3 is 0 Å². The molecule has 1 fully saturated rings. The Kier molecular flexibility index (Phi) is 4.44. The molecular formula is C14H16N2O3S. The maximum atomic E-state index is 12.0. The Morgan fingerprint density at radius 2 is 1.60 bits per heavy atom. The first-order valence-corrected chi connectivity index (χ1v) is 7.61. The van der Waals surface area contributed by atoms with Crippen LogP contribution in [0.3, 0.4) is 0 Å². The van der Waals surface area contributed by atoms with Crippen molar-refractivity contribution in [1.29, 1.82) is 0 Å². The third-order valence-electron chi connectivity index (χ3n) is 3.08. The van der Waals surface area contributed by atoms with Gasteiger partial charge in [0.15, 0.2) is 0 Å². The smallest absolute Gasteiger partial charge is 0.263 e. The van der Waals surface area contributed by atoms with Crippen LogP contribution in [0, 0.1) is 0 Å². The maximum Gasteiger partial charge on any atom is 0.334 e. The third kappa shape index (κ3) is 2.70. The number of imide groups is 2. The monoisotopic (exact) mass is 292 g/mol. The van der Waals surface area contributed by atoms with Gasteiger partial charge in [-0.2, -0.15) is 0 Å². The van der Waals surface area contributed by atoms with Gasteiger partial charge in [-0.25, -0.2) is 4.79 Å². The van der Waals surface area contributed by atoms with E-state index in [0.29, 0.717) is 6.42 Å². The number of rotatable bonds is 5. The average molecular weight is 292 g/mol. The standard InChI is InChI=1S/C14H16N2O3S/c1-3-8-15-12(17)13(18)16(14(15)19)9-10-4-6-11(20-2)7-5-10/h4-7H,3,8-9H2,1-2H3. The van der Waals surface area contributed by atoms with Gasteiger partial charge in [0.05, 0.1) is 6.54 Å². The molecule has 0 bridgehead atoms. The number of thioether (sulfide) groups is 1. The van der Waals surface area contributed by atoms with E-state index in [1.807, 2.05) is 37.4 Å². The molecule has 0 unspecified atom stereocenters. The number of benzene rings is 1. The van der Waals surface area contributed by atoms with E-state index in [4.69, 9.17) is 0 Å². The van der Waals surface area contributed by atoms with Crippen LogP contribution >= 0.6 is 11.8 Å². The quantitative estimate of drug-likeness (QED) is 0.474. The fourth-order valence-corrected chi connectivity index (χ4v) is 2.43. The molecule has 0 spiro atoms. The van der Waals surface area contributed by atoms with Crippen LogP contribution in [0.25, 0.3) is 0 Å². The van der Waals surface area contributed by atoms with Crippen LogP contribution in [-0.2, 0) is 16.1 Å². The van der Waals surface area contributed by atoms with Crippen LogP contribution < -0.4 is 0 Å². The molecule has 106 valence electrons. The molecule has 1 aromatic carbocycles. The lowest BCUT2D eigenvalue weighted by Crippen LogP contribution is -2.33. The summed E-state index contributed by atoms with van der Waals surface area (Å²) < 4.78 is 0. The van der Waals surface area contributed by atoms with E-state index in [1.165, 1.54) is 0 Å². The molecule has 2 rings (SSSR count). The van der Waals surface area contributed by atoms with Crippen LogP contribution in [0.1, 0.15) is 18.9 Å². The lowest BCUT2D eigenvalue weighted by Gasteiger charge is -2.15. The van der Waals surface area contributed by atoms with E-state index in [9.17, 15) is 14.4 Å². The fourth-order valence-electron chi connectivity index (χ4n) is 2.02. The van der Waals surface area contributed by atoms with Crippen molar-refractivity contribution in [3.8, 4) is 0 Å². The van der Waals surface area contributed by atoms with Crippen LogP contribution in [0.4, 0.5) is 4.79 Å². The second-order valence-electron chi connectivity index (χ2n) is 4.48. The largest absolute Gasteiger partial charge is 0.334 e. The van der Waals surface area contributed by atoms with Crippen molar-refractivity contribution in [2.45, 2.75) is 24.8 Å². The summed E-state index contributed by atoms with van der Waals surface area (Å²) in [7, 11) is 0. The first-order valence-electron chi connectivity index (χ1n) is 6.38. The summed E-state index contributed by atoms with van der Waals surface area (Å²) in [5, 5.41) is 0. The number of carbonyl (C=O) groups excluding carboxylic acids is 3. The zero-order valence-corrected chi connectivity index (χ0v) is 12.3. The predicted molar refractivity (Wildman–Crippen MR) is 76.2 cm³/mol. The van der Waals surface area contributed by atoms with E-state index >= 15 is 0 Å². The molecule has 0 aromatic heterocycles. The molecule has 0 atom stereocenters. The predicted octanol–water partition coefficient (Wildman–Crippen LogP) is 2.11. The number of urea groups is 1. The Bertz CT molecular complexity index is 542. The molecule has 6 heteroatoms. The van der Waals surface area contributed by atoms with Crippen LogP contribution in [-0.4, -0.2) is 40.4 Å². The average Bonchev–Trinajstić information content (AvgIpc) is 2.66. The van der Waals surface area contributed by atoms with E-state index in [2.05, 4.69) is 0 Å². The Balaban J connectivity index is 2.14. The SMILES string of the molecule is CCCN1C(=O)C(=O)N(Cc2ccc(SC)cc2)C1=O. The topological polar surface area (TPSA) is 57.7 Å². The van der Waals surface area contributed by atoms with Gasteiger partial charge >= 0.3 is 17.8 Å². The second-order valence-corrected chi connectivity index (χ2v) is 5.36. The van der Waals surface area contributed by atoms with E-state index in [-0.39, 0.29) is 13.1 Å². The van der Waals surface area contributed by atoms with Crippen molar-refractivity contribution < 1.29 is 14.4 Å². The number of carbonyl (C=O) groups is 3. The minimum absolute atomic E-state index is 0.137. The van der Waals surface area contributed by atoms with Crippen molar-refractivity contribution in [3.63, 3.8) is 0 Å². The maximum absolute atomic E-state index is 12.0. The third-order valence-corrected chi connectivity index (χ3v) is 3.83. The molecule has 0 aliphatic carbocycles. The van der Waals surface area contributed by atoms with Crippen molar-refractivity contribution in [2.75, 3.05) is 12.8 Å². The molecule has 1 aliphatic heterocycles. The van der Waals surface area contributed by atoms with Gasteiger partial charge in [0.2, 0.25) is 0 Å². The highest BCUT2D eigenvalue weighted by atomic mass is 32.2. The molecule has 1 saturated heterocycles. The number of nitrogens with zero attached hydrogens (tertiary/aromatic N) is 2. The molecule has 0 N–H and O–H groups in total. The summed E-state index contributed by atoms with van der Waals surface area (Å²) in [5.74, 6) is -1.46. The minimum Gasteiger partial charge on any atom is -0.263 e. The fraction of sp³-hybridized carbons (Fsp3) is 0.357. The van der Waals surface area contributed by atoms with Crippen molar-refractivity contribution in [1.82, 2.24) is 9.80 Å². The van der Waals surface area contributed by atoms with Gasteiger partial charge in [-0.1, -0.05) is 19.1 Å². The second kappa shape index (κ2) is 6.09. The van der Waals surface area contributed by atoms with Gasteiger partial charge in [0, 0.05) is 11.4 Å². The van der Waals surface area contributed by atoms with Gasteiger partial charge in [-0.3, -0.25) is 19.4 Å². The normalized spacial score (nSPS) is 15.4. The molecule has 1 heterocycles. The molecule has 20 heavy (non-hydrogen) atoms. The highest BCUT2D eigenvalue weighted by molar-refractivity contribution is 7.98. The zero-order valence-electron chi connectivity index (χ0n) is 11.5. The van der Waals surface area contributed by atoms with Crippen LogP contribution in [0.2, 0.25) is 0 Å². The molecule has 0 radical (unpaired) electrons. The molecule has 4 amide bonds. The number of hydrogen-bond donors (Lipinski definition) is 0. The zero-order chi connectivity index (χ0) is 14.7. The molecule has 5 nitrogen and oxygen atoms in total. The van der Waals surface area contributed by atoms with Crippen LogP contribution in [0.5, 0.6) is 0 Å². The van der Waals surface area contributed by atoms with E-state index < -0.39 is 17.8 Å². The summed E-state index contributed by atoms with van der Waals surface area (Å²) >= 11 is 1.62. The Hall–Kier alpha value is -1.82. The first kappa shape index (κ1) is 14.6. The summed E-state index contributed by atoms with van der Waals surface area (Å²) in [5.41, 5.74) is 0.829. The highest BCUT2D eigenvalue weighted by Gasteiger charge is 2.43. The molecule has 1 aromatic rings. The number of amides is 4. The molecular weight excluding hydrogens is 276 g/mol. The summed E-state index contributed by atoms with van der Waals surface area (Å²) in [6.45, 7) is 2.28. The minimum atomic E-state index is -0.739. The number of hydrogen-bond acceptors (Lipinski definition) is 4. The highest BCUT2D eigenvalue weighted by Crippen LogP contribution is 2.19. The Morgan fingerprint density at radius 3 is 2.15 bits per heavy atom. The van der Waals surface area contributed by atoms with Gasteiger partial charge in [0.25, 0.3) is 0 Å². The molecule has 1 aliphatic rings. The van der Waals surface area contributed by atoms with Crippen LogP contribution in [0.15, 0.2) is 29.2 Å². The van der Waals surface area contributed by atoms with Crippen molar-refractivity contribution >= 4 is 29.6 Å². The summed E-state index contributed by atoms with van der Waals surface area (Å²) in [4.78, 5) is 38.7. The van der Waals surface area contributed by atoms with Gasteiger partial charge in [-0.05, 0) is 30.4 Å². The van der Waals surface area contributed by atoms with Crippen molar-refractivity contribution in [3.05, 3.63) is 29.8 Å². The first-order chi connectivity index (χ1) is 9.58. The Morgan fingerprint density at radius 1 is 1.00 bits per heavy atom. The summed E-state index contributed by atoms with van der Waals surface area (Å²) in [6.07, 6.45) is 2.62.